The van der Waals surface area contributed by atoms with Gasteiger partial charge in [0, 0.05) is 6.42 Å². The third-order valence-corrected chi connectivity index (χ3v) is 10.2. The van der Waals surface area contributed by atoms with E-state index in [2.05, 4.69) is 19.2 Å². The van der Waals surface area contributed by atoms with E-state index in [1.54, 1.807) is 6.08 Å². The number of amides is 1. The third-order valence-electron chi connectivity index (χ3n) is 9.25. The van der Waals surface area contributed by atoms with Crippen molar-refractivity contribution in [3.8, 4) is 0 Å². The summed E-state index contributed by atoms with van der Waals surface area (Å²) in [4.78, 5) is 25.2. The van der Waals surface area contributed by atoms with Gasteiger partial charge in [-0.25, -0.2) is 0 Å². The SMILES string of the molecule is CCCCCCCCCCCCCCC/C=C/[C@@H](O)[C@H](COP(=O)([O-])OCC[N+](C)(C)C)NC(=O)CCCCCCCCCCCCCC. The summed E-state index contributed by atoms with van der Waals surface area (Å²) in [6.07, 6.45) is 35.3. The highest BCUT2D eigenvalue weighted by Gasteiger charge is 2.23. The zero-order chi connectivity index (χ0) is 36.5. The van der Waals surface area contributed by atoms with Gasteiger partial charge in [-0.15, -0.1) is 0 Å². The molecule has 1 amide bonds. The van der Waals surface area contributed by atoms with Crippen LogP contribution in [0.25, 0.3) is 0 Å². The van der Waals surface area contributed by atoms with Crippen LogP contribution in [0.15, 0.2) is 12.2 Å². The summed E-state index contributed by atoms with van der Waals surface area (Å²) in [6, 6.07) is -0.878. The first-order valence-corrected chi connectivity index (χ1v) is 22.0. The van der Waals surface area contributed by atoms with Gasteiger partial charge in [-0.1, -0.05) is 174 Å². The molecule has 0 rings (SSSR count). The van der Waals surface area contributed by atoms with Gasteiger partial charge in [0.15, 0.2) is 0 Å². The van der Waals surface area contributed by atoms with Crippen molar-refractivity contribution in [1.29, 1.82) is 0 Å². The number of nitrogens with one attached hydrogen (secondary N) is 1. The summed E-state index contributed by atoms with van der Waals surface area (Å²) in [6.45, 7) is 4.64. The van der Waals surface area contributed by atoms with Crippen LogP contribution in [-0.2, 0) is 18.4 Å². The van der Waals surface area contributed by atoms with Gasteiger partial charge in [0.2, 0.25) is 5.91 Å². The number of allylic oxidation sites excluding steroid dienone is 1. The van der Waals surface area contributed by atoms with Crippen molar-refractivity contribution in [3.63, 3.8) is 0 Å². The van der Waals surface area contributed by atoms with Crippen molar-refractivity contribution in [2.75, 3.05) is 40.9 Å². The minimum atomic E-state index is -4.57. The Bertz CT molecular complexity index is 819. The lowest BCUT2D eigenvalue weighted by atomic mass is 10.0. The van der Waals surface area contributed by atoms with E-state index in [0.717, 1.165) is 38.5 Å². The van der Waals surface area contributed by atoms with Gasteiger partial charge in [0.05, 0.1) is 39.9 Å². The molecule has 0 aromatic rings. The lowest BCUT2D eigenvalue weighted by molar-refractivity contribution is -0.870. The first-order chi connectivity index (χ1) is 23.5. The second-order valence-corrected chi connectivity index (χ2v) is 16.8. The summed E-state index contributed by atoms with van der Waals surface area (Å²) in [5, 5.41) is 13.7. The molecule has 3 atom stereocenters. The van der Waals surface area contributed by atoms with Crippen LogP contribution >= 0.6 is 7.82 Å². The maximum absolute atomic E-state index is 12.8. The molecule has 1 unspecified atom stereocenters. The molecule has 0 saturated heterocycles. The molecule has 0 saturated carbocycles. The predicted octanol–water partition coefficient (Wildman–Crippen LogP) is 10.2. The first-order valence-electron chi connectivity index (χ1n) is 20.6. The monoisotopic (exact) mass is 717 g/mol. The van der Waals surface area contributed by atoms with Crippen LogP contribution in [0.4, 0.5) is 0 Å². The van der Waals surface area contributed by atoms with Crippen LogP contribution in [-0.4, -0.2) is 68.5 Å². The fraction of sp³-hybridized carbons (Fsp3) is 0.925. The molecule has 49 heavy (non-hydrogen) atoms. The van der Waals surface area contributed by atoms with Crippen molar-refractivity contribution in [1.82, 2.24) is 5.32 Å². The molecule has 8 nitrogen and oxygen atoms in total. The lowest BCUT2D eigenvalue weighted by Gasteiger charge is -2.29. The number of rotatable bonds is 37. The maximum atomic E-state index is 12.8. The summed E-state index contributed by atoms with van der Waals surface area (Å²) in [5.41, 5.74) is 0. The second-order valence-electron chi connectivity index (χ2n) is 15.4. The van der Waals surface area contributed by atoms with Gasteiger partial charge in [-0.3, -0.25) is 9.36 Å². The maximum Gasteiger partial charge on any atom is 0.268 e. The van der Waals surface area contributed by atoms with Crippen LogP contribution in [0.1, 0.15) is 187 Å². The molecule has 0 aromatic heterocycles. The van der Waals surface area contributed by atoms with E-state index in [9.17, 15) is 19.4 Å². The van der Waals surface area contributed by atoms with E-state index in [-0.39, 0.29) is 19.1 Å². The smallest absolute Gasteiger partial charge is 0.268 e. The van der Waals surface area contributed by atoms with E-state index < -0.39 is 20.0 Å². The molecule has 0 fully saturated rings. The van der Waals surface area contributed by atoms with Crippen molar-refractivity contribution in [3.05, 3.63) is 12.2 Å². The van der Waals surface area contributed by atoms with Gasteiger partial charge < -0.3 is 28.8 Å². The number of hydrogen-bond acceptors (Lipinski definition) is 6. The van der Waals surface area contributed by atoms with Gasteiger partial charge in [0.25, 0.3) is 7.82 Å². The molecular formula is C40H81N2O6P. The van der Waals surface area contributed by atoms with Gasteiger partial charge >= 0.3 is 0 Å². The number of phosphoric acid groups is 1. The first kappa shape index (κ1) is 48.2. The van der Waals surface area contributed by atoms with Crippen molar-refractivity contribution in [2.45, 2.75) is 199 Å². The standard InChI is InChI=1S/C40H81N2O6P/c1-6-8-10-12-14-16-18-20-21-22-23-25-27-29-31-33-39(43)38(37-48-49(45,46)47-36-35-42(3,4)5)41-40(44)34-32-30-28-26-24-19-17-15-13-11-9-7-2/h31,33,38-39,43H,6-30,32,34-37H2,1-5H3,(H-,41,44,45,46)/b33-31+/t38-,39+/m0/s1. The highest BCUT2D eigenvalue weighted by atomic mass is 31.2. The Hall–Kier alpha value is -0.760. The third kappa shape index (κ3) is 35.4. The minimum absolute atomic E-state index is 0.00183. The molecule has 2 N–H and O–H groups in total. The molecule has 0 aliphatic heterocycles. The quantitative estimate of drug-likeness (QED) is 0.0287. The Morgan fingerprint density at radius 3 is 1.53 bits per heavy atom. The van der Waals surface area contributed by atoms with E-state index in [1.807, 2.05) is 27.2 Å². The number of unbranched alkanes of at least 4 members (excludes halogenated alkanes) is 24. The van der Waals surface area contributed by atoms with E-state index >= 15 is 0 Å². The number of carbonyl (C=O) groups excluding carboxylic acids is 1. The van der Waals surface area contributed by atoms with Crippen molar-refractivity contribution >= 4 is 13.7 Å². The van der Waals surface area contributed by atoms with Crippen LogP contribution in [0.2, 0.25) is 0 Å². The molecule has 0 radical (unpaired) electrons. The zero-order valence-corrected chi connectivity index (χ0v) is 33.8. The molecule has 0 spiro atoms. The summed E-state index contributed by atoms with van der Waals surface area (Å²) in [7, 11) is 1.27. The van der Waals surface area contributed by atoms with E-state index in [0.29, 0.717) is 17.4 Å². The number of phosphoric ester groups is 1. The Kier molecular flexibility index (Phi) is 32.6. The fourth-order valence-electron chi connectivity index (χ4n) is 5.92. The van der Waals surface area contributed by atoms with E-state index in [4.69, 9.17) is 9.05 Å². The summed E-state index contributed by atoms with van der Waals surface area (Å²) in [5.74, 6) is -0.198. The van der Waals surface area contributed by atoms with Crippen LogP contribution in [0.5, 0.6) is 0 Å². The van der Waals surface area contributed by atoms with Crippen LogP contribution < -0.4 is 10.2 Å². The fourth-order valence-corrected chi connectivity index (χ4v) is 6.64. The molecule has 0 aromatic carbocycles. The largest absolute Gasteiger partial charge is 0.756 e. The summed E-state index contributed by atoms with van der Waals surface area (Å²) < 4.78 is 23.1. The van der Waals surface area contributed by atoms with Gasteiger partial charge in [0.1, 0.15) is 13.2 Å². The topological polar surface area (TPSA) is 108 Å². The zero-order valence-electron chi connectivity index (χ0n) is 32.9. The Balaban J connectivity index is 4.48. The highest BCUT2D eigenvalue weighted by molar-refractivity contribution is 7.45. The molecular weight excluding hydrogens is 635 g/mol. The number of nitrogens with zero attached hydrogens (tertiary/aromatic N) is 1. The van der Waals surface area contributed by atoms with E-state index in [1.165, 1.54) is 128 Å². The summed E-state index contributed by atoms with van der Waals surface area (Å²) >= 11 is 0. The number of hydrogen-bond donors (Lipinski definition) is 2. The predicted molar refractivity (Wildman–Crippen MR) is 205 cm³/mol. The highest BCUT2D eigenvalue weighted by Crippen LogP contribution is 2.38. The number of aliphatic hydroxyl groups excluding tert-OH is 1. The molecule has 0 aliphatic rings. The number of likely N-dealkylation sites (N-methyl/N-ethyl adjacent to an activating group) is 1. The molecule has 0 heterocycles. The molecule has 292 valence electrons. The minimum Gasteiger partial charge on any atom is -0.756 e. The van der Waals surface area contributed by atoms with Crippen molar-refractivity contribution < 1.29 is 32.9 Å². The van der Waals surface area contributed by atoms with Crippen molar-refractivity contribution in [2.24, 2.45) is 0 Å². The Morgan fingerprint density at radius 2 is 1.10 bits per heavy atom. The average molecular weight is 717 g/mol. The number of quaternary nitrogens is 1. The number of carbonyl (C=O) groups is 1. The van der Waals surface area contributed by atoms with Gasteiger partial charge in [-0.05, 0) is 19.3 Å². The molecule has 0 aliphatic carbocycles. The second kappa shape index (κ2) is 33.1. The average Bonchev–Trinajstić information content (AvgIpc) is 3.04. The molecule has 9 heteroatoms. The Labute approximate surface area is 303 Å². The number of aliphatic hydroxyl groups is 1. The normalized spacial score (nSPS) is 14.7. The van der Waals surface area contributed by atoms with Crippen LogP contribution in [0, 0.1) is 0 Å². The Morgan fingerprint density at radius 1 is 0.694 bits per heavy atom. The molecule has 0 bridgehead atoms. The van der Waals surface area contributed by atoms with Gasteiger partial charge in [-0.2, -0.15) is 0 Å². The lowest BCUT2D eigenvalue weighted by Crippen LogP contribution is -2.45. The van der Waals surface area contributed by atoms with Crippen LogP contribution in [0.3, 0.4) is 0 Å².